The summed E-state index contributed by atoms with van der Waals surface area (Å²) in [7, 11) is 0. The number of amides is 4. The third-order valence-electron chi connectivity index (χ3n) is 6.29. The largest absolute Gasteiger partial charge is 0.335 e. The summed E-state index contributed by atoms with van der Waals surface area (Å²) in [6, 6.07) is 16.4. The van der Waals surface area contributed by atoms with Crippen molar-refractivity contribution in [3.63, 3.8) is 0 Å². The molecule has 2 heterocycles. The van der Waals surface area contributed by atoms with Gasteiger partial charge in [-0.05, 0) is 85.9 Å². The molecule has 1 aliphatic heterocycles. The third kappa shape index (κ3) is 4.35. The van der Waals surface area contributed by atoms with Crippen LogP contribution in [0.25, 0.3) is 11.8 Å². The van der Waals surface area contributed by atoms with E-state index in [9.17, 15) is 14.4 Å². The summed E-state index contributed by atoms with van der Waals surface area (Å²) < 4.78 is 3.04. The van der Waals surface area contributed by atoms with Crippen LogP contribution in [0.4, 0.5) is 10.5 Å². The molecule has 6 nitrogen and oxygen atoms in total. The Hall–Kier alpha value is -3.45. The zero-order valence-electron chi connectivity index (χ0n) is 19.6. The Morgan fingerprint density at radius 2 is 1.59 bits per heavy atom. The van der Waals surface area contributed by atoms with Gasteiger partial charge in [0, 0.05) is 21.5 Å². The summed E-state index contributed by atoms with van der Waals surface area (Å²) in [6.45, 7) is 8.13. The monoisotopic (exact) mass is 519 g/mol. The van der Waals surface area contributed by atoms with Gasteiger partial charge < -0.3 is 4.57 Å². The Morgan fingerprint density at radius 1 is 0.971 bits per heavy atom. The molecule has 1 atom stereocenters. The quantitative estimate of drug-likeness (QED) is 0.330. The molecule has 2 aromatic carbocycles. The second-order valence-corrected chi connectivity index (χ2v) is 9.41. The Bertz CT molecular complexity index is 1300. The molecule has 7 heteroatoms. The van der Waals surface area contributed by atoms with Crippen LogP contribution in [-0.2, 0) is 9.59 Å². The molecule has 1 saturated heterocycles. The number of halogens is 1. The molecule has 1 aliphatic rings. The van der Waals surface area contributed by atoms with E-state index in [0.29, 0.717) is 11.6 Å². The van der Waals surface area contributed by atoms with Gasteiger partial charge in [0.2, 0.25) is 0 Å². The van der Waals surface area contributed by atoms with Crippen molar-refractivity contribution in [3.8, 4) is 5.69 Å². The molecule has 4 amide bonds. The number of carbonyl (C=O) groups is 3. The number of aromatic nitrogens is 1. The van der Waals surface area contributed by atoms with Crippen molar-refractivity contribution in [2.45, 2.75) is 40.0 Å². The molecule has 174 valence electrons. The zero-order valence-corrected chi connectivity index (χ0v) is 21.1. The molecule has 3 aromatic rings. The molecular weight excluding hydrogens is 494 g/mol. The number of urea groups is 1. The molecule has 0 aliphatic carbocycles. The van der Waals surface area contributed by atoms with Gasteiger partial charge in [0.1, 0.15) is 5.57 Å². The maximum Gasteiger partial charge on any atom is 0.335 e. The molecule has 34 heavy (non-hydrogen) atoms. The van der Waals surface area contributed by atoms with Crippen LogP contribution in [0.15, 0.2) is 64.6 Å². The first kappa shape index (κ1) is 23.7. The summed E-state index contributed by atoms with van der Waals surface area (Å²) in [4.78, 5) is 39.5. The number of rotatable bonds is 5. The van der Waals surface area contributed by atoms with E-state index in [1.165, 1.54) is 0 Å². The van der Waals surface area contributed by atoms with Crippen molar-refractivity contribution in [1.82, 2.24) is 9.88 Å². The number of imide groups is 2. The van der Waals surface area contributed by atoms with Gasteiger partial charge in [-0.1, -0.05) is 41.9 Å². The van der Waals surface area contributed by atoms with Gasteiger partial charge in [0.25, 0.3) is 11.8 Å². The molecule has 0 bridgehead atoms. The van der Waals surface area contributed by atoms with E-state index in [4.69, 9.17) is 0 Å². The Labute approximate surface area is 207 Å². The van der Waals surface area contributed by atoms with E-state index in [0.717, 1.165) is 44.0 Å². The van der Waals surface area contributed by atoms with Crippen molar-refractivity contribution in [1.29, 1.82) is 0 Å². The van der Waals surface area contributed by atoms with Crippen molar-refractivity contribution < 1.29 is 14.4 Å². The first-order valence-electron chi connectivity index (χ1n) is 11.2. The highest BCUT2D eigenvalue weighted by Gasteiger charge is 2.37. The summed E-state index contributed by atoms with van der Waals surface area (Å²) >= 11 is 3.45. The minimum Gasteiger partial charge on any atom is -0.318 e. The zero-order chi connectivity index (χ0) is 24.6. The Kier molecular flexibility index (Phi) is 6.57. The second-order valence-electron chi connectivity index (χ2n) is 8.50. The number of benzene rings is 2. The lowest BCUT2D eigenvalue weighted by Gasteiger charge is -2.26. The molecule has 4 rings (SSSR count). The highest BCUT2D eigenvalue weighted by Crippen LogP contribution is 2.28. The van der Waals surface area contributed by atoms with Gasteiger partial charge >= 0.3 is 6.03 Å². The van der Waals surface area contributed by atoms with E-state index < -0.39 is 17.8 Å². The molecule has 0 saturated carbocycles. The summed E-state index contributed by atoms with van der Waals surface area (Å²) in [5.74, 6) is -0.965. The summed E-state index contributed by atoms with van der Waals surface area (Å²) in [5, 5.41) is 2.30. The summed E-state index contributed by atoms with van der Waals surface area (Å²) in [6.07, 6.45) is 2.55. The molecule has 1 N–H and O–H groups in total. The van der Waals surface area contributed by atoms with Crippen molar-refractivity contribution in [3.05, 3.63) is 87.2 Å². The van der Waals surface area contributed by atoms with Crippen molar-refractivity contribution in [2.75, 3.05) is 4.90 Å². The normalized spacial score (nSPS) is 16.2. The maximum absolute atomic E-state index is 13.3. The van der Waals surface area contributed by atoms with Crippen LogP contribution in [-0.4, -0.2) is 22.4 Å². The predicted octanol–water partition coefficient (Wildman–Crippen LogP) is 6.04. The SMILES string of the molecule is CC[C@H](C)c1ccc(N2C(=O)NC(=O)/C(=C/c3cc(C)n(-c4ccc(Br)cc4)c3C)C2=O)cc1. The summed E-state index contributed by atoms with van der Waals surface area (Å²) in [5.41, 5.74) is 5.03. The number of nitrogens with zero attached hydrogens (tertiary/aromatic N) is 2. The third-order valence-corrected chi connectivity index (χ3v) is 6.82. The highest BCUT2D eigenvalue weighted by molar-refractivity contribution is 9.10. The van der Waals surface area contributed by atoms with Crippen LogP contribution in [0.1, 0.15) is 48.7 Å². The molecule has 0 spiro atoms. The van der Waals surface area contributed by atoms with Crippen LogP contribution >= 0.6 is 15.9 Å². The molecule has 0 radical (unpaired) electrons. The van der Waals surface area contributed by atoms with Gasteiger partial charge in [0.05, 0.1) is 5.69 Å². The lowest BCUT2D eigenvalue weighted by atomic mass is 9.98. The van der Waals surface area contributed by atoms with E-state index in [2.05, 4.69) is 39.7 Å². The number of carbonyl (C=O) groups excluding carboxylic acids is 3. The number of barbiturate groups is 1. The van der Waals surface area contributed by atoms with Crippen LogP contribution in [0, 0.1) is 13.8 Å². The van der Waals surface area contributed by atoms with E-state index in [-0.39, 0.29) is 5.57 Å². The molecular formula is C27H26BrN3O3. The molecule has 1 fully saturated rings. The number of nitrogens with one attached hydrogen (secondary N) is 1. The number of hydrogen-bond acceptors (Lipinski definition) is 3. The molecule has 1 aromatic heterocycles. The van der Waals surface area contributed by atoms with Crippen LogP contribution in [0.2, 0.25) is 0 Å². The highest BCUT2D eigenvalue weighted by atomic mass is 79.9. The topological polar surface area (TPSA) is 71.4 Å². The fraction of sp³-hybridized carbons (Fsp3) is 0.222. The van der Waals surface area contributed by atoms with Crippen LogP contribution in [0.5, 0.6) is 0 Å². The second kappa shape index (κ2) is 9.43. The standard InChI is InChI=1S/C27H26BrN3O3/c1-5-16(2)19-6-10-23(11-7-19)31-26(33)24(25(32)29-27(31)34)15-20-14-17(3)30(18(20)4)22-12-8-21(28)9-13-22/h6-16H,5H2,1-4H3,(H,29,32,34)/b24-15-/t16-/m0/s1. The number of aryl methyl sites for hydroxylation is 1. The van der Waals surface area contributed by atoms with Crippen molar-refractivity contribution >= 4 is 45.5 Å². The fourth-order valence-corrected chi connectivity index (χ4v) is 4.42. The average Bonchev–Trinajstić information content (AvgIpc) is 3.09. The van der Waals surface area contributed by atoms with Crippen LogP contribution < -0.4 is 10.2 Å². The lowest BCUT2D eigenvalue weighted by Crippen LogP contribution is -2.54. The maximum atomic E-state index is 13.3. The van der Waals surface area contributed by atoms with Gasteiger partial charge in [-0.3, -0.25) is 14.9 Å². The smallest absolute Gasteiger partial charge is 0.318 e. The number of anilines is 1. The first-order chi connectivity index (χ1) is 16.2. The average molecular weight is 520 g/mol. The van der Waals surface area contributed by atoms with E-state index in [1.807, 2.05) is 56.3 Å². The fourth-order valence-electron chi connectivity index (χ4n) is 4.16. The minimum atomic E-state index is -0.747. The van der Waals surface area contributed by atoms with Gasteiger partial charge in [-0.15, -0.1) is 0 Å². The van der Waals surface area contributed by atoms with Crippen molar-refractivity contribution in [2.24, 2.45) is 0 Å². The minimum absolute atomic E-state index is 0.0818. The van der Waals surface area contributed by atoms with Crippen LogP contribution in [0.3, 0.4) is 0 Å². The van der Waals surface area contributed by atoms with E-state index in [1.54, 1.807) is 18.2 Å². The van der Waals surface area contributed by atoms with Gasteiger partial charge in [-0.25, -0.2) is 9.69 Å². The Morgan fingerprint density at radius 3 is 2.21 bits per heavy atom. The van der Waals surface area contributed by atoms with E-state index >= 15 is 0 Å². The predicted molar refractivity (Wildman–Crippen MR) is 137 cm³/mol. The Balaban J connectivity index is 1.70. The van der Waals surface area contributed by atoms with Gasteiger partial charge in [0.15, 0.2) is 0 Å². The first-order valence-corrected chi connectivity index (χ1v) is 12.0. The van der Waals surface area contributed by atoms with Gasteiger partial charge in [-0.2, -0.15) is 0 Å². The number of hydrogen-bond donors (Lipinski definition) is 1. The lowest BCUT2D eigenvalue weighted by molar-refractivity contribution is -0.122. The molecule has 0 unspecified atom stereocenters.